The van der Waals surface area contributed by atoms with Crippen molar-refractivity contribution in [3.8, 4) is 0 Å². The SMILES string of the molecule is CNCC(C)(C)CNC(=O)CCc1ccccc1Br. The van der Waals surface area contributed by atoms with Crippen LogP contribution in [0.3, 0.4) is 0 Å². The highest BCUT2D eigenvalue weighted by Gasteiger charge is 2.17. The van der Waals surface area contributed by atoms with E-state index >= 15 is 0 Å². The normalized spacial score (nSPS) is 11.4. The van der Waals surface area contributed by atoms with Gasteiger partial charge in [0.2, 0.25) is 5.91 Å². The Morgan fingerprint density at radius 2 is 1.95 bits per heavy atom. The molecule has 1 rings (SSSR count). The van der Waals surface area contributed by atoms with Gasteiger partial charge in [-0.05, 0) is 30.5 Å². The van der Waals surface area contributed by atoms with E-state index in [4.69, 9.17) is 0 Å². The molecule has 0 saturated carbocycles. The Balaban J connectivity index is 2.35. The fourth-order valence-electron chi connectivity index (χ4n) is 1.92. The molecule has 1 aromatic carbocycles. The summed E-state index contributed by atoms with van der Waals surface area (Å²) in [5.41, 5.74) is 1.25. The summed E-state index contributed by atoms with van der Waals surface area (Å²) < 4.78 is 1.07. The minimum Gasteiger partial charge on any atom is -0.356 e. The molecule has 19 heavy (non-hydrogen) atoms. The number of carbonyl (C=O) groups is 1. The Hall–Kier alpha value is -0.870. The molecular formula is C15H23BrN2O. The molecule has 0 aliphatic rings. The van der Waals surface area contributed by atoms with E-state index in [0.717, 1.165) is 17.4 Å². The molecule has 0 heterocycles. The second-order valence-corrected chi connectivity index (χ2v) is 6.42. The van der Waals surface area contributed by atoms with Gasteiger partial charge in [0.15, 0.2) is 0 Å². The van der Waals surface area contributed by atoms with Crippen LogP contribution in [0, 0.1) is 5.41 Å². The molecule has 0 aromatic heterocycles. The molecule has 1 amide bonds. The van der Waals surface area contributed by atoms with Gasteiger partial charge in [0.05, 0.1) is 0 Å². The number of nitrogens with one attached hydrogen (secondary N) is 2. The van der Waals surface area contributed by atoms with Gasteiger partial charge in [-0.15, -0.1) is 0 Å². The zero-order valence-corrected chi connectivity index (χ0v) is 13.5. The van der Waals surface area contributed by atoms with Crippen molar-refractivity contribution in [2.75, 3.05) is 20.1 Å². The number of aryl methyl sites for hydroxylation is 1. The lowest BCUT2D eigenvalue weighted by Crippen LogP contribution is -2.39. The number of hydrogen-bond acceptors (Lipinski definition) is 2. The van der Waals surface area contributed by atoms with E-state index in [2.05, 4.69) is 40.4 Å². The highest BCUT2D eigenvalue weighted by Crippen LogP contribution is 2.17. The fraction of sp³-hybridized carbons (Fsp3) is 0.533. The molecule has 0 spiro atoms. The summed E-state index contributed by atoms with van der Waals surface area (Å²) in [6.07, 6.45) is 1.29. The van der Waals surface area contributed by atoms with Crippen molar-refractivity contribution in [3.63, 3.8) is 0 Å². The first-order valence-corrected chi connectivity index (χ1v) is 7.38. The molecule has 0 saturated heterocycles. The number of hydrogen-bond donors (Lipinski definition) is 2. The van der Waals surface area contributed by atoms with E-state index in [1.807, 2.05) is 31.3 Å². The zero-order chi connectivity index (χ0) is 14.3. The summed E-state index contributed by atoms with van der Waals surface area (Å²) in [4.78, 5) is 11.8. The molecule has 0 aliphatic heterocycles. The summed E-state index contributed by atoms with van der Waals surface area (Å²) in [7, 11) is 1.93. The van der Waals surface area contributed by atoms with Gasteiger partial charge in [-0.3, -0.25) is 4.79 Å². The van der Waals surface area contributed by atoms with Gasteiger partial charge in [-0.2, -0.15) is 0 Å². The Bertz CT molecular complexity index is 418. The Morgan fingerprint density at radius 3 is 2.58 bits per heavy atom. The second-order valence-electron chi connectivity index (χ2n) is 5.56. The van der Waals surface area contributed by atoms with E-state index in [-0.39, 0.29) is 11.3 Å². The van der Waals surface area contributed by atoms with Crippen LogP contribution in [0.25, 0.3) is 0 Å². The Labute approximate surface area is 124 Å². The summed E-state index contributed by atoms with van der Waals surface area (Å²) >= 11 is 3.50. The molecule has 0 atom stereocenters. The fourth-order valence-corrected chi connectivity index (χ4v) is 2.40. The summed E-state index contributed by atoms with van der Waals surface area (Å²) in [5.74, 6) is 0.111. The third-order valence-electron chi connectivity index (χ3n) is 3.00. The Morgan fingerprint density at radius 1 is 1.26 bits per heavy atom. The molecule has 0 bridgehead atoms. The number of halogens is 1. The highest BCUT2D eigenvalue weighted by molar-refractivity contribution is 9.10. The smallest absolute Gasteiger partial charge is 0.220 e. The highest BCUT2D eigenvalue weighted by atomic mass is 79.9. The van der Waals surface area contributed by atoms with Crippen LogP contribution in [0.15, 0.2) is 28.7 Å². The molecule has 1 aromatic rings. The average Bonchev–Trinajstić information content (AvgIpc) is 2.35. The van der Waals surface area contributed by atoms with Crippen molar-refractivity contribution in [1.82, 2.24) is 10.6 Å². The van der Waals surface area contributed by atoms with Crippen LogP contribution in [-0.2, 0) is 11.2 Å². The van der Waals surface area contributed by atoms with Gasteiger partial charge in [0.25, 0.3) is 0 Å². The van der Waals surface area contributed by atoms with E-state index in [9.17, 15) is 4.79 Å². The lowest BCUT2D eigenvalue weighted by Gasteiger charge is -2.24. The third kappa shape index (κ3) is 6.21. The van der Waals surface area contributed by atoms with Gasteiger partial charge in [-0.1, -0.05) is 48.0 Å². The minimum absolute atomic E-state index is 0.0811. The maximum atomic E-state index is 11.8. The molecule has 0 radical (unpaired) electrons. The monoisotopic (exact) mass is 326 g/mol. The minimum atomic E-state index is 0.0811. The van der Waals surface area contributed by atoms with Gasteiger partial charge in [0, 0.05) is 24.0 Å². The van der Waals surface area contributed by atoms with Crippen LogP contribution in [0.2, 0.25) is 0 Å². The lowest BCUT2D eigenvalue weighted by molar-refractivity contribution is -0.121. The second kappa shape index (κ2) is 7.65. The van der Waals surface area contributed by atoms with Crippen molar-refractivity contribution in [3.05, 3.63) is 34.3 Å². The van der Waals surface area contributed by atoms with Crippen molar-refractivity contribution in [2.24, 2.45) is 5.41 Å². The largest absolute Gasteiger partial charge is 0.356 e. The maximum Gasteiger partial charge on any atom is 0.220 e. The maximum absolute atomic E-state index is 11.8. The molecule has 4 heteroatoms. The molecular weight excluding hydrogens is 304 g/mol. The molecule has 0 unspecified atom stereocenters. The zero-order valence-electron chi connectivity index (χ0n) is 11.9. The quantitative estimate of drug-likeness (QED) is 0.808. The first-order chi connectivity index (χ1) is 8.94. The van der Waals surface area contributed by atoms with Gasteiger partial charge < -0.3 is 10.6 Å². The number of rotatable bonds is 7. The predicted octanol–water partition coefficient (Wildman–Crippen LogP) is 2.74. The van der Waals surface area contributed by atoms with Gasteiger partial charge in [-0.25, -0.2) is 0 Å². The molecule has 3 nitrogen and oxygen atoms in total. The van der Waals surface area contributed by atoms with Crippen LogP contribution in [0.1, 0.15) is 25.8 Å². The van der Waals surface area contributed by atoms with E-state index in [1.165, 1.54) is 5.56 Å². The topological polar surface area (TPSA) is 41.1 Å². The van der Waals surface area contributed by atoms with Crippen LogP contribution < -0.4 is 10.6 Å². The first-order valence-electron chi connectivity index (χ1n) is 6.59. The molecule has 0 fully saturated rings. The van der Waals surface area contributed by atoms with Crippen molar-refractivity contribution in [1.29, 1.82) is 0 Å². The van der Waals surface area contributed by atoms with E-state index in [1.54, 1.807) is 0 Å². The summed E-state index contributed by atoms with van der Waals surface area (Å²) in [5, 5.41) is 6.14. The number of amides is 1. The van der Waals surface area contributed by atoms with Crippen molar-refractivity contribution < 1.29 is 4.79 Å². The molecule has 106 valence electrons. The Kier molecular flexibility index (Phi) is 6.52. The van der Waals surface area contributed by atoms with Gasteiger partial charge in [0.1, 0.15) is 0 Å². The third-order valence-corrected chi connectivity index (χ3v) is 3.77. The predicted molar refractivity (Wildman–Crippen MR) is 83.2 cm³/mol. The summed E-state index contributed by atoms with van der Waals surface area (Å²) in [6.45, 7) is 5.86. The average molecular weight is 327 g/mol. The van der Waals surface area contributed by atoms with Crippen LogP contribution in [0.4, 0.5) is 0 Å². The van der Waals surface area contributed by atoms with Crippen molar-refractivity contribution >= 4 is 21.8 Å². The van der Waals surface area contributed by atoms with Gasteiger partial charge >= 0.3 is 0 Å². The standard InChI is InChI=1S/C15H23BrN2O/c1-15(2,10-17-3)11-18-14(19)9-8-12-6-4-5-7-13(12)16/h4-7,17H,8-11H2,1-3H3,(H,18,19). The van der Waals surface area contributed by atoms with E-state index < -0.39 is 0 Å². The van der Waals surface area contributed by atoms with Crippen LogP contribution >= 0.6 is 15.9 Å². The molecule has 0 aliphatic carbocycles. The lowest BCUT2D eigenvalue weighted by atomic mass is 9.93. The number of benzene rings is 1. The first kappa shape index (κ1) is 16.2. The number of carbonyl (C=O) groups excluding carboxylic acids is 1. The van der Waals surface area contributed by atoms with Crippen LogP contribution in [-0.4, -0.2) is 26.0 Å². The van der Waals surface area contributed by atoms with Crippen molar-refractivity contribution in [2.45, 2.75) is 26.7 Å². The van der Waals surface area contributed by atoms with Crippen LogP contribution in [0.5, 0.6) is 0 Å². The molecule has 2 N–H and O–H groups in total. The summed E-state index contributed by atoms with van der Waals surface area (Å²) in [6, 6.07) is 8.02. The van der Waals surface area contributed by atoms with E-state index in [0.29, 0.717) is 13.0 Å².